The average Bonchev–Trinajstić information content (AvgIpc) is 3.36. The van der Waals surface area contributed by atoms with E-state index in [2.05, 4.69) is 10.6 Å². The lowest BCUT2D eigenvalue weighted by atomic mass is 9.98. The second-order valence-electron chi connectivity index (χ2n) is 11.0. The van der Waals surface area contributed by atoms with Gasteiger partial charge in [0, 0.05) is 19.4 Å². The fourth-order valence-corrected chi connectivity index (χ4v) is 5.76. The predicted octanol–water partition coefficient (Wildman–Crippen LogP) is 4.28. The Hall–Kier alpha value is -4.41. The number of hydrogen-bond donors (Lipinski definition) is 4. The fourth-order valence-electron chi connectivity index (χ4n) is 5.59. The largest absolute Gasteiger partial charge is 0.480 e. The van der Waals surface area contributed by atoms with Gasteiger partial charge >= 0.3 is 12.1 Å². The van der Waals surface area contributed by atoms with Gasteiger partial charge in [-0.1, -0.05) is 110 Å². The van der Waals surface area contributed by atoms with Crippen LogP contribution in [0.15, 0.2) is 78.9 Å². The molecule has 10 nitrogen and oxygen atoms in total. The van der Waals surface area contributed by atoms with Crippen LogP contribution in [0.2, 0.25) is 0 Å². The first-order chi connectivity index (χ1) is 21.6. The number of carboxylic acids is 1. The SMILES string of the molecule is CCCC[C@H](NC(=O)OCC1c2ccccc2-c2ccccc21)C(=O)N(C)[C@@H](Cc1ccccc1)C(=O)N[C@H](C(=O)O)C(O)Cl. The van der Waals surface area contributed by atoms with E-state index >= 15 is 0 Å². The van der Waals surface area contributed by atoms with Gasteiger partial charge in [-0.25, -0.2) is 9.59 Å². The maximum atomic E-state index is 13.8. The van der Waals surface area contributed by atoms with E-state index in [1.807, 2.05) is 55.5 Å². The maximum absolute atomic E-state index is 13.8. The second-order valence-corrected chi connectivity index (χ2v) is 11.5. The van der Waals surface area contributed by atoms with Crippen molar-refractivity contribution in [2.75, 3.05) is 13.7 Å². The van der Waals surface area contributed by atoms with Crippen molar-refractivity contribution in [3.05, 3.63) is 95.6 Å². The number of fused-ring (bicyclic) bond motifs is 3. The lowest BCUT2D eigenvalue weighted by Crippen LogP contribution is -2.58. The monoisotopic (exact) mass is 635 g/mol. The molecule has 0 aromatic heterocycles. The molecule has 1 aliphatic carbocycles. The van der Waals surface area contributed by atoms with E-state index in [-0.39, 0.29) is 18.9 Å². The number of rotatable bonds is 14. The van der Waals surface area contributed by atoms with Crippen LogP contribution in [0.1, 0.15) is 48.8 Å². The normalized spacial score (nSPS) is 14.7. The molecule has 0 heterocycles. The first-order valence-corrected chi connectivity index (χ1v) is 15.3. The zero-order valence-corrected chi connectivity index (χ0v) is 25.9. The number of aliphatic hydroxyl groups is 1. The van der Waals surface area contributed by atoms with Gasteiger partial charge in [-0.3, -0.25) is 9.59 Å². The van der Waals surface area contributed by atoms with Crippen LogP contribution in [0.5, 0.6) is 0 Å². The van der Waals surface area contributed by atoms with E-state index in [1.54, 1.807) is 30.3 Å². The van der Waals surface area contributed by atoms with Crippen molar-refractivity contribution in [2.45, 2.75) is 62.2 Å². The van der Waals surface area contributed by atoms with E-state index in [4.69, 9.17) is 16.3 Å². The summed E-state index contributed by atoms with van der Waals surface area (Å²) in [5, 5.41) is 24.1. The molecule has 0 bridgehead atoms. The average molecular weight is 636 g/mol. The number of ether oxygens (including phenoxy) is 1. The van der Waals surface area contributed by atoms with Gasteiger partial charge in [-0.15, -0.1) is 0 Å². The number of aliphatic carboxylic acids is 1. The van der Waals surface area contributed by atoms with Gasteiger partial charge in [0.2, 0.25) is 11.8 Å². The summed E-state index contributed by atoms with van der Waals surface area (Å²) in [6.45, 7) is 2.02. The van der Waals surface area contributed by atoms with Crippen LogP contribution in [0, 0.1) is 0 Å². The number of alkyl carbamates (subject to hydrolysis) is 1. The first kappa shape index (κ1) is 33.5. The molecule has 3 amide bonds. The molecular formula is C34H38ClN3O7. The summed E-state index contributed by atoms with van der Waals surface area (Å²) in [5.74, 6) is -3.06. The van der Waals surface area contributed by atoms with Gasteiger partial charge in [-0.2, -0.15) is 0 Å². The van der Waals surface area contributed by atoms with Crippen molar-refractivity contribution in [3.8, 4) is 11.1 Å². The van der Waals surface area contributed by atoms with Gasteiger partial charge in [-0.05, 0) is 34.2 Å². The van der Waals surface area contributed by atoms with Crippen molar-refractivity contribution in [2.24, 2.45) is 0 Å². The molecule has 11 heteroatoms. The van der Waals surface area contributed by atoms with Gasteiger partial charge < -0.3 is 30.5 Å². The number of aliphatic hydroxyl groups excluding tert-OH is 1. The number of nitrogens with one attached hydrogen (secondary N) is 2. The Morgan fingerprint density at radius 1 is 0.911 bits per heavy atom. The van der Waals surface area contributed by atoms with Crippen molar-refractivity contribution in [1.82, 2.24) is 15.5 Å². The number of likely N-dealkylation sites (N-methyl/N-ethyl adjacent to an activating group) is 1. The van der Waals surface area contributed by atoms with E-state index in [1.165, 1.54) is 11.9 Å². The highest BCUT2D eigenvalue weighted by atomic mass is 35.5. The topological polar surface area (TPSA) is 145 Å². The molecule has 3 aromatic carbocycles. The van der Waals surface area contributed by atoms with Crippen LogP contribution in [0.3, 0.4) is 0 Å². The number of unbranched alkanes of at least 4 members (excludes halogenated alkanes) is 1. The van der Waals surface area contributed by atoms with E-state index in [9.17, 15) is 29.4 Å². The standard InChI is InChI=1S/C34H38ClN3O7/c1-3-4-18-27(36-34(44)45-20-26-24-16-10-8-14-22(24)23-15-9-11-17-25(23)26)32(41)38(2)28(19-21-12-6-5-7-13-21)31(40)37-29(30(35)39)33(42)43/h5-17,26-30,39H,3-4,18-20H2,1-2H3,(H,36,44)(H,37,40)(H,42,43)/t27-,28-,29-,30?/m0/s1. The third kappa shape index (κ3) is 8.20. The molecule has 0 aliphatic heterocycles. The summed E-state index contributed by atoms with van der Waals surface area (Å²) in [6.07, 6.45) is 0.942. The van der Waals surface area contributed by atoms with E-state index in [0.29, 0.717) is 18.4 Å². The molecule has 4 N–H and O–H groups in total. The van der Waals surface area contributed by atoms with E-state index in [0.717, 1.165) is 28.7 Å². The molecule has 238 valence electrons. The molecule has 1 aliphatic rings. The number of carboxylic acid groups (broad SMARTS) is 1. The second kappa shape index (κ2) is 15.5. The number of benzene rings is 3. The summed E-state index contributed by atoms with van der Waals surface area (Å²) in [5.41, 5.74) is 3.12. The Bertz CT molecular complexity index is 1450. The van der Waals surface area contributed by atoms with Crippen LogP contribution in [0.4, 0.5) is 4.79 Å². The molecule has 45 heavy (non-hydrogen) atoms. The third-order valence-electron chi connectivity index (χ3n) is 8.01. The minimum absolute atomic E-state index is 0.0467. The fraction of sp³-hybridized carbons (Fsp3) is 0.353. The Kier molecular flexibility index (Phi) is 11.6. The summed E-state index contributed by atoms with van der Waals surface area (Å²) >= 11 is 5.61. The number of carbonyl (C=O) groups excluding carboxylic acids is 3. The number of carbonyl (C=O) groups is 4. The Balaban J connectivity index is 1.49. The molecule has 4 rings (SSSR count). The number of nitrogens with zero attached hydrogens (tertiary/aromatic N) is 1. The number of halogens is 1. The minimum atomic E-state index is -1.89. The van der Waals surface area contributed by atoms with Crippen LogP contribution in [-0.2, 0) is 25.5 Å². The highest BCUT2D eigenvalue weighted by Gasteiger charge is 2.36. The minimum Gasteiger partial charge on any atom is -0.480 e. The van der Waals surface area contributed by atoms with Crippen molar-refractivity contribution < 1.29 is 34.1 Å². The molecule has 3 aromatic rings. The first-order valence-electron chi connectivity index (χ1n) is 14.9. The molecule has 0 spiro atoms. The Morgan fingerprint density at radius 3 is 2.04 bits per heavy atom. The molecule has 4 atom stereocenters. The third-order valence-corrected chi connectivity index (χ3v) is 8.26. The van der Waals surface area contributed by atoms with Crippen LogP contribution in [0.25, 0.3) is 11.1 Å². The molecule has 0 saturated carbocycles. The quantitative estimate of drug-likeness (QED) is 0.194. The van der Waals surface area contributed by atoms with Gasteiger partial charge in [0.05, 0.1) is 0 Å². The molecule has 0 fully saturated rings. The number of alkyl halides is 1. The summed E-state index contributed by atoms with van der Waals surface area (Å²) in [7, 11) is 1.42. The van der Waals surface area contributed by atoms with Gasteiger partial charge in [0.15, 0.2) is 11.6 Å². The lowest BCUT2D eigenvalue weighted by Gasteiger charge is -2.32. The molecule has 0 radical (unpaired) electrons. The zero-order chi connectivity index (χ0) is 32.5. The maximum Gasteiger partial charge on any atom is 0.407 e. The van der Waals surface area contributed by atoms with Gasteiger partial charge in [0.25, 0.3) is 0 Å². The smallest absolute Gasteiger partial charge is 0.407 e. The van der Waals surface area contributed by atoms with Crippen LogP contribution in [-0.4, -0.2) is 76.3 Å². The Morgan fingerprint density at radius 2 is 1.49 bits per heavy atom. The highest BCUT2D eigenvalue weighted by Crippen LogP contribution is 2.44. The van der Waals surface area contributed by atoms with E-state index < -0.39 is 47.6 Å². The summed E-state index contributed by atoms with van der Waals surface area (Å²) in [4.78, 5) is 53.1. The molecular weight excluding hydrogens is 598 g/mol. The number of hydrogen-bond acceptors (Lipinski definition) is 6. The van der Waals surface area contributed by atoms with Crippen molar-refractivity contribution >= 4 is 35.5 Å². The lowest BCUT2D eigenvalue weighted by molar-refractivity contribution is -0.146. The van der Waals surface area contributed by atoms with Gasteiger partial charge in [0.1, 0.15) is 18.7 Å². The zero-order valence-electron chi connectivity index (χ0n) is 25.2. The number of amides is 3. The predicted molar refractivity (Wildman–Crippen MR) is 170 cm³/mol. The molecule has 0 saturated heterocycles. The van der Waals surface area contributed by atoms with Crippen molar-refractivity contribution in [3.63, 3.8) is 0 Å². The summed E-state index contributed by atoms with van der Waals surface area (Å²) in [6, 6.07) is 20.9. The Labute approximate surface area is 267 Å². The van der Waals surface area contributed by atoms with Crippen LogP contribution < -0.4 is 10.6 Å². The molecule has 1 unspecified atom stereocenters. The van der Waals surface area contributed by atoms with Crippen molar-refractivity contribution in [1.29, 1.82) is 0 Å². The van der Waals surface area contributed by atoms with Crippen LogP contribution >= 0.6 is 11.6 Å². The highest BCUT2D eigenvalue weighted by molar-refractivity contribution is 6.21. The summed E-state index contributed by atoms with van der Waals surface area (Å²) < 4.78 is 5.68.